The molecule has 0 fully saturated rings. The van der Waals surface area contributed by atoms with Crippen LogP contribution in [0.1, 0.15) is 35.7 Å². The maximum absolute atomic E-state index is 13.6. The number of carbonyl (C=O) groups excluding carboxylic acids is 1. The smallest absolute Gasteiger partial charge is 0.242 e. The standard InChI is InChI=1S/C16H21FN4O/c1-10-5-6-12(7-14(10)17)11(2)20-16(22)15(18-3)13-8-19-21(4)9-13/h5-9,11,15,18H,1-4H3,(H,20,22). The van der Waals surface area contributed by atoms with E-state index in [-0.39, 0.29) is 17.8 Å². The van der Waals surface area contributed by atoms with Crippen molar-refractivity contribution in [2.75, 3.05) is 7.05 Å². The molecule has 0 saturated heterocycles. The molecule has 5 nitrogen and oxygen atoms in total. The highest BCUT2D eigenvalue weighted by Gasteiger charge is 2.22. The molecule has 1 amide bonds. The van der Waals surface area contributed by atoms with Crippen molar-refractivity contribution in [1.82, 2.24) is 20.4 Å². The number of hydrogen-bond acceptors (Lipinski definition) is 3. The van der Waals surface area contributed by atoms with Crippen LogP contribution in [0.3, 0.4) is 0 Å². The molecule has 1 aromatic carbocycles. The lowest BCUT2D eigenvalue weighted by atomic mass is 10.0. The lowest BCUT2D eigenvalue weighted by Gasteiger charge is -2.19. The van der Waals surface area contributed by atoms with Crippen LogP contribution >= 0.6 is 0 Å². The fraction of sp³-hybridized carbons (Fsp3) is 0.375. The molecule has 0 spiro atoms. The Labute approximate surface area is 129 Å². The summed E-state index contributed by atoms with van der Waals surface area (Å²) in [7, 11) is 3.51. The number of amides is 1. The van der Waals surface area contributed by atoms with Gasteiger partial charge in [-0.3, -0.25) is 9.48 Å². The van der Waals surface area contributed by atoms with Gasteiger partial charge in [0.25, 0.3) is 0 Å². The summed E-state index contributed by atoms with van der Waals surface area (Å²) in [5.41, 5.74) is 2.10. The third-order valence-electron chi connectivity index (χ3n) is 3.66. The minimum atomic E-state index is -0.494. The topological polar surface area (TPSA) is 59.0 Å². The van der Waals surface area contributed by atoms with Crippen LogP contribution in [-0.4, -0.2) is 22.7 Å². The molecule has 0 saturated carbocycles. The Kier molecular flexibility index (Phi) is 4.92. The SMILES string of the molecule is CNC(C(=O)NC(C)c1ccc(C)c(F)c1)c1cnn(C)c1. The minimum absolute atomic E-state index is 0.177. The fourth-order valence-electron chi connectivity index (χ4n) is 2.30. The second kappa shape index (κ2) is 6.70. The van der Waals surface area contributed by atoms with E-state index >= 15 is 0 Å². The first-order valence-corrected chi connectivity index (χ1v) is 7.14. The van der Waals surface area contributed by atoms with E-state index in [1.807, 2.05) is 13.0 Å². The van der Waals surface area contributed by atoms with Crippen molar-refractivity contribution in [3.8, 4) is 0 Å². The highest BCUT2D eigenvalue weighted by atomic mass is 19.1. The van der Waals surface area contributed by atoms with Gasteiger partial charge in [0.15, 0.2) is 0 Å². The summed E-state index contributed by atoms with van der Waals surface area (Å²) in [6.07, 6.45) is 3.44. The van der Waals surface area contributed by atoms with Crippen LogP contribution in [0.5, 0.6) is 0 Å². The number of halogens is 1. The summed E-state index contributed by atoms with van der Waals surface area (Å²) in [6.45, 7) is 3.54. The molecule has 0 aliphatic rings. The molecule has 1 heterocycles. The van der Waals surface area contributed by atoms with E-state index in [0.29, 0.717) is 5.56 Å². The maximum Gasteiger partial charge on any atom is 0.242 e. The Hall–Kier alpha value is -2.21. The van der Waals surface area contributed by atoms with Gasteiger partial charge in [-0.2, -0.15) is 5.10 Å². The van der Waals surface area contributed by atoms with Gasteiger partial charge in [-0.25, -0.2) is 4.39 Å². The van der Waals surface area contributed by atoms with Crippen LogP contribution in [0.4, 0.5) is 4.39 Å². The van der Waals surface area contributed by atoms with Crippen molar-refractivity contribution in [3.63, 3.8) is 0 Å². The van der Waals surface area contributed by atoms with Crippen molar-refractivity contribution in [3.05, 3.63) is 53.1 Å². The van der Waals surface area contributed by atoms with Crippen molar-refractivity contribution in [1.29, 1.82) is 0 Å². The second-order valence-electron chi connectivity index (χ2n) is 5.41. The van der Waals surface area contributed by atoms with E-state index in [9.17, 15) is 9.18 Å². The molecular formula is C16H21FN4O. The van der Waals surface area contributed by atoms with Crippen molar-refractivity contribution in [2.45, 2.75) is 25.9 Å². The van der Waals surface area contributed by atoms with Crippen LogP contribution in [0.15, 0.2) is 30.6 Å². The van der Waals surface area contributed by atoms with Gasteiger partial charge in [0.2, 0.25) is 5.91 Å². The zero-order valence-corrected chi connectivity index (χ0v) is 13.2. The van der Waals surface area contributed by atoms with Gasteiger partial charge in [0, 0.05) is 18.8 Å². The van der Waals surface area contributed by atoms with Gasteiger partial charge in [0.05, 0.1) is 12.2 Å². The molecule has 2 aromatic rings. The molecule has 1 aromatic heterocycles. The largest absolute Gasteiger partial charge is 0.348 e. The highest BCUT2D eigenvalue weighted by Crippen LogP contribution is 2.18. The molecule has 0 bridgehead atoms. The van der Waals surface area contributed by atoms with E-state index < -0.39 is 6.04 Å². The molecule has 0 aliphatic heterocycles. The summed E-state index contributed by atoms with van der Waals surface area (Å²) in [5.74, 6) is -0.444. The normalized spacial score (nSPS) is 13.7. The Morgan fingerprint density at radius 2 is 2.09 bits per heavy atom. The number of rotatable bonds is 5. The number of nitrogens with one attached hydrogen (secondary N) is 2. The molecule has 2 rings (SSSR count). The lowest BCUT2D eigenvalue weighted by molar-refractivity contribution is -0.123. The van der Waals surface area contributed by atoms with E-state index in [0.717, 1.165) is 11.1 Å². The number of aryl methyl sites for hydroxylation is 2. The summed E-state index contributed by atoms with van der Waals surface area (Å²) in [6, 6.07) is 4.21. The van der Waals surface area contributed by atoms with Gasteiger partial charge >= 0.3 is 0 Å². The Balaban J connectivity index is 2.10. The van der Waals surface area contributed by atoms with E-state index in [1.165, 1.54) is 6.07 Å². The van der Waals surface area contributed by atoms with Crippen molar-refractivity contribution in [2.24, 2.45) is 7.05 Å². The first-order chi connectivity index (χ1) is 10.4. The molecule has 6 heteroatoms. The summed E-state index contributed by atoms with van der Waals surface area (Å²) in [4.78, 5) is 12.4. The summed E-state index contributed by atoms with van der Waals surface area (Å²) < 4.78 is 15.3. The molecule has 22 heavy (non-hydrogen) atoms. The third-order valence-corrected chi connectivity index (χ3v) is 3.66. The Morgan fingerprint density at radius 1 is 1.36 bits per heavy atom. The van der Waals surface area contributed by atoms with Crippen molar-refractivity contribution < 1.29 is 9.18 Å². The van der Waals surface area contributed by atoms with Gasteiger partial charge in [-0.05, 0) is 38.1 Å². The average molecular weight is 304 g/mol. The van der Waals surface area contributed by atoms with E-state index in [4.69, 9.17) is 0 Å². The molecular weight excluding hydrogens is 283 g/mol. The van der Waals surface area contributed by atoms with E-state index in [2.05, 4.69) is 15.7 Å². The van der Waals surface area contributed by atoms with Crippen LogP contribution in [0, 0.1) is 12.7 Å². The van der Waals surface area contributed by atoms with Crippen LogP contribution in [-0.2, 0) is 11.8 Å². The van der Waals surface area contributed by atoms with Crippen molar-refractivity contribution >= 4 is 5.91 Å². The number of likely N-dealkylation sites (N-methyl/N-ethyl adjacent to an activating group) is 1. The molecule has 2 atom stereocenters. The number of hydrogen-bond donors (Lipinski definition) is 2. The number of benzene rings is 1. The molecule has 2 N–H and O–H groups in total. The summed E-state index contributed by atoms with van der Waals surface area (Å²) >= 11 is 0. The van der Waals surface area contributed by atoms with Crippen LogP contribution in [0.2, 0.25) is 0 Å². The second-order valence-corrected chi connectivity index (χ2v) is 5.41. The van der Waals surface area contributed by atoms with E-state index in [1.54, 1.807) is 44.2 Å². The zero-order chi connectivity index (χ0) is 16.3. The fourth-order valence-corrected chi connectivity index (χ4v) is 2.30. The average Bonchev–Trinajstić information content (AvgIpc) is 2.89. The van der Waals surface area contributed by atoms with Gasteiger partial charge in [-0.1, -0.05) is 12.1 Å². The number of nitrogens with zero attached hydrogens (tertiary/aromatic N) is 2. The summed E-state index contributed by atoms with van der Waals surface area (Å²) in [5, 5.41) is 9.94. The predicted octanol–water partition coefficient (Wildman–Crippen LogP) is 2.01. The van der Waals surface area contributed by atoms with Gasteiger partial charge in [-0.15, -0.1) is 0 Å². The molecule has 2 unspecified atom stereocenters. The minimum Gasteiger partial charge on any atom is -0.348 e. The number of aromatic nitrogens is 2. The maximum atomic E-state index is 13.6. The zero-order valence-electron chi connectivity index (χ0n) is 13.2. The van der Waals surface area contributed by atoms with Crippen LogP contribution < -0.4 is 10.6 Å². The van der Waals surface area contributed by atoms with Gasteiger partial charge in [0.1, 0.15) is 11.9 Å². The van der Waals surface area contributed by atoms with Gasteiger partial charge < -0.3 is 10.6 Å². The number of carbonyl (C=O) groups is 1. The predicted molar refractivity (Wildman–Crippen MR) is 82.7 cm³/mol. The Bertz CT molecular complexity index is 668. The lowest BCUT2D eigenvalue weighted by Crippen LogP contribution is -2.37. The molecule has 118 valence electrons. The molecule has 0 aliphatic carbocycles. The monoisotopic (exact) mass is 304 g/mol. The first kappa shape index (κ1) is 16.2. The highest BCUT2D eigenvalue weighted by molar-refractivity contribution is 5.83. The third kappa shape index (κ3) is 3.51. The quantitative estimate of drug-likeness (QED) is 0.888. The Morgan fingerprint density at radius 3 is 2.64 bits per heavy atom. The molecule has 0 radical (unpaired) electrons. The first-order valence-electron chi connectivity index (χ1n) is 7.14. The van der Waals surface area contributed by atoms with Crippen LogP contribution in [0.25, 0.3) is 0 Å².